The molecule has 1 aliphatic rings. The molecule has 0 fully saturated rings. The Morgan fingerprint density at radius 3 is 2.26 bits per heavy atom. The van der Waals surface area contributed by atoms with E-state index in [0.29, 0.717) is 0 Å². The molecule has 8 heteroatoms. The normalized spacial score (nSPS) is 13.8. The van der Waals surface area contributed by atoms with Gasteiger partial charge in [-0.3, -0.25) is 0 Å². The molecule has 1 aliphatic heterocycles. The fraction of sp³-hybridized carbons (Fsp3) is 0.263. The number of ether oxygens (including phenoxy) is 4. The molecule has 1 aromatic rings. The lowest BCUT2D eigenvalue weighted by Crippen LogP contribution is -2.28. The first kappa shape index (κ1) is 20.3. The minimum absolute atomic E-state index is 0.00773. The molecular weight excluding hydrogens is 357 g/mol. The summed E-state index contributed by atoms with van der Waals surface area (Å²) < 4.78 is 35.0. The largest absolute Gasteiger partial charge is 0.465 e. The Morgan fingerprint density at radius 1 is 1.00 bits per heavy atom. The van der Waals surface area contributed by atoms with Crippen molar-refractivity contribution in [3.05, 3.63) is 65.3 Å². The molecule has 1 aromatic carbocycles. The quantitative estimate of drug-likeness (QED) is 0.557. The molecule has 144 valence electrons. The highest BCUT2D eigenvalue weighted by Crippen LogP contribution is 2.32. The van der Waals surface area contributed by atoms with Crippen molar-refractivity contribution in [1.82, 2.24) is 0 Å². The summed E-state index contributed by atoms with van der Waals surface area (Å²) >= 11 is 0. The fourth-order valence-electron chi connectivity index (χ4n) is 2.61. The first-order chi connectivity index (χ1) is 13.0. The van der Waals surface area contributed by atoms with Crippen molar-refractivity contribution in [1.29, 1.82) is 0 Å². The number of carbonyl (C=O) groups is 2. The second kappa shape index (κ2) is 9.11. The summed E-state index contributed by atoms with van der Waals surface area (Å²) in [6.07, 6.45) is 4.97. The number of halogens is 1. The Hall–Kier alpha value is -2.97. The lowest BCUT2D eigenvalue weighted by atomic mass is 10.1. The molecule has 7 nitrogen and oxygen atoms in total. The predicted molar refractivity (Wildman–Crippen MR) is 95.0 cm³/mol. The summed E-state index contributed by atoms with van der Waals surface area (Å²) in [7, 11) is 5.11. The highest BCUT2D eigenvalue weighted by atomic mass is 19.1. The zero-order valence-corrected chi connectivity index (χ0v) is 15.4. The van der Waals surface area contributed by atoms with Crippen LogP contribution >= 0.6 is 0 Å². The maximum atomic E-state index is 15.2. The zero-order valence-electron chi connectivity index (χ0n) is 15.4. The summed E-state index contributed by atoms with van der Waals surface area (Å²) in [5.41, 5.74) is -0.119. The van der Waals surface area contributed by atoms with E-state index in [-0.39, 0.29) is 22.5 Å². The SMILES string of the molecule is COC(=O)C1=C(C(=O)OC)N(c2cccc(C(OC)OC)c2F)C=CC=C1. The summed E-state index contributed by atoms with van der Waals surface area (Å²) in [6.45, 7) is 0. The summed E-state index contributed by atoms with van der Waals surface area (Å²) in [5, 5.41) is 0. The van der Waals surface area contributed by atoms with Crippen LogP contribution in [0.2, 0.25) is 0 Å². The first-order valence-electron chi connectivity index (χ1n) is 7.89. The van der Waals surface area contributed by atoms with Crippen molar-refractivity contribution >= 4 is 17.6 Å². The predicted octanol–water partition coefficient (Wildman–Crippen LogP) is 2.61. The van der Waals surface area contributed by atoms with E-state index in [9.17, 15) is 9.59 Å². The maximum absolute atomic E-state index is 15.2. The Morgan fingerprint density at radius 2 is 1.67 bits per heavy atom. The lowest BCUT2D eigenvalue weighted by molar-refractivity contribution is -0.139. The van der Waals surface area contributed by atoms with Gasteiger partial charge in [-0.1, -0.05) is 18.2 Å². The Kier molecular flexibility index (Phi) is 6.86. The minimum Gasteiger partial charge on any atom is -0.465 e. The van der Waals surface area contributed by atoms with Crippen molar-refractivity contribution in [2.24, 2.45) is 0 Å². The van der Waals surface area contributed by atoms with Crippen molar-refractivity contribution in [2.75, 3.05) is 33.3 Å². The number of nitrogens with zero attached hydrogens (tertiary/aromatic N) is 1. The number of benzene rings is 1. The van der Waals surface area contributed by atoms with E-state index in [1.54, 1.807) is 12.1 Å². The summed E-state index contributed by atoms with van der Waals surface area (Å²) in [6, 6.07) is 4.53. The van der Waals surface area contributed by atoms with Gasteiger partial charge in [-0.2, -0.15) is 0 Å². The van der Waals surface area contributed by atoms with Crippen molar-refractivity contribution < 1.29 is 32.9 Å². The minimum atomic E-state index is -0.940. The van der Waals surface area contributed by atoms with E-state index >= 15 is 4.39 Å². The maximum Gasteiger partial charge on any atom is 0.355 e. The number of methoxy groups -OCH3 is 4. The van der Waals surface area contributed by atoms with Crippen LogP contribution in [0.4, 0.5) is 10.1 Å². The van der Waals surface area contributed by atoms with Gasteiger partial charge in [-0.25, -0.2) is 14.0 Å². The number of hydrogen-bond acceptors (Lipinski definition) is 7. The molecule has 0 aromatic heterocycles. The molecule has 27 heavy (non-hydrogen) atoms. The smallest absolute Gasteiger partial charge is 0.355 e. The van der Waals surface area contributed by atoms with E-state index in [0.717, 1.165) is 0 Å². The molecule has 0 spiro atoms. The molecule has 1 heterocycles. The third-order valence-electron chi connectivity index (χ3n) is 3.84. The second-order valence-corrected chi connectivity index (χ2v) is 5.30. The van der Waals surface area contributed by atoms with Gasteiger partial charge in [0.15, 0.2) is 12.1 Å². The molecule has 0 saturated carbocycles. The van der Waals surface area contributed by atoms with Crippen LogP contribution < -0.4 is 4.90 Å². The van der Waals surface area contributed by atoms with Crippen molar-refractivity contribution in [3.63, 3.8) is 0 Å². The van der Waals surface area contributed by atoms with Gasteiger partial charge >= 0.3 is 11.9 Å². The van der Waals surface area contributed by atoms with Crippen LogP contribution in [-0.4, -0.2) is 40.4 Å². The third-order valence-corrected chi connectivity index (χ3v) is 3.84. The second-order valence-electron chi connectivity index (χ2n) is 5.30. The van der Waals surface area contributed by atoms with Gasteiger partial charge < -0.3 is 23.8 Å². The fourth-order valence-corrected chi connectivity index (χ4v) is 2.61. The molecular formula is C19H20FNO6. The molecule has 0 aliphatic carbocycles. The van der Waals surface area contributed by atoms with Gasteiger partial charge in [-0.05, 0) is 18.2 Å². The summed E-state index contributed by atoms with van der Waals surface area (Å²) in [5.74, 6) is -2.27. The van der Waals surface area contributed by atoms with Crippen LogP contribution in [0, 0.1) is 5.82 Å². The Bertz CT molecular complexity index is 810. The molecule has 0 atom stereocenters. The van der Waals surface area contributed by atoms with Gasteiger partial charge in [0.05, 0.1) is 25.5 Å². The number of anilines is 1. The number of rotatable bonds is 6. The van der Waals surface area contributed by atoms with Crippen LogP contribution in [0.1, 0.15) is 11.9 Å². The third kappa shape index (κ3) is 4.07. The van der Waals surface area contributed by atoms with Gasteiger partial charge in [0.25, 0.3) is 0 Å². The van der Waals surface area contributed by atoms with Crippen molar-refractivity contribution in [2.45, 2.75) is 6.29 Å². The van der Waals surface area contributed by atoms with Crippen LogP contribution in [-0.2, 0) is 28.5 Å². The van der Waals surface area contributed by atoms with Crippen LogP contribution in [0.15, 0.2) is 53.9 Å². The topological polar surface area (TPSA) is 74.3 Å². The Labute approximate surface area is 156 Å². The lowest BCUT2D eigenvalue weighted by Gasteiger charge is -2.25. The van der Waals surface area contributed by atoms with Crippen molar-refractivity contribution in [3.8, 4) is 0 Å². The van der Waals surface area contributed by atoms with Gasteiger partial charge in [0, 0.05) is 26.0 Å². The standard InChI is InChI=1S/C19H20FNO6/c1-24-17(22)13-8-5-6-11-21(16(13)18(23)25-2)14-10-7-9-12(15(14)20)19(26-3)27-4/h5-11,19H,1-4H3. The monoisotopic (exact) mass is 377 g/mol. The number of esters is 2. The Balaban J connectivity index is 2.70. The highest BCUT2D eigenvalue weighted by molar-refractivity contribution is 6.05. The number of hydrogen-bond donors (Lipinski definition) is 0. The van der Waals surface area contributed by atoms with Crippen LogP contribution in [0.5, 0.6) is 0 Å². The molecule has 0 saturated heterocycles. The van der Waals surface area contributed by atoms with E-state index in [1.807, 2.05) is 0 Å². The van der Waals surface area contributed by atoms with Crippen LogP contribution in [0.25, 0.3) is 0 Å². The molecule has 0 amide bonds. The summed E-state index contributed by atoms with van der Waals surface area (Å²) in [4.78, 5) is 25.8. The van der Waals surface area contributed by atoms with E-state index in [1.165, 1.54) is 63.8 Å². The molecule has 0 radical (unpaired) electrons. The van der Waals surface area contributed by atoms with Gasteiger partial charge in [0.2, 0.25) is 0 Å². The average Bonchev–Trinajstić information content (AvgIpc) is 2.91. The van der Waals surface area contributed by atoms with Gasteiger partial charge in [0.1, 0.15) is 5.70 Å². The van der Waals surface area contributed by atoms with Gasteiger partial charge in [-0.15, -0.1) is 0 Å². The molecule has 0 N–H and O–H groups in total. The first-order valence-corrected chi connectivity index (χ1v) is 7.89. The highest BCUT2D eigenvalue weighted by Gasteiger charge is 2.30. The van der Waals surface area contributed by atoms with E-state index < -0.39 is 24.0 Å². The zero-order chi connectivity index (χ0) is 20.0. The number of allylic oxidation sites excluding steroid dienone is 2. The average molecular weight is 377 g/mol. The van der Waals surface area contributed by atoms with Crippen LogP contribution in [0.3, 0.4) is 0 Å². The molecule has 2 rings (SSSR count). The van der Waals surface area contributed by atoms with E-state index in [2.05, 4.69) is 0 Å². The number of carbonyl (C=O) groups excluding carboxylic acids is 2. The molecule has 0 unspecified atom stereocenters. The molecule has 0 bridgehead atoms. The van der Waals surface area contributed by atoms with E-state index in [4.69, 9.17) is 18.9 Å².